The molecule has 1 aromatic carbocycles. The molecule has 1 spiro atoms. The van der Waals surface area contributed by atoms with Crippen molar-refractivity contribution >= 4 is 82.5 Å². The molecule has 3 N–H and O–H groups in total. The molecule has 4 heterocycles. The normalized spacial score (nSPS) is 27.8. The fraction of sp³-hybridized carbons (Fsp3) is 0.746. The molecular formula is C71H108ClF3N12O13. The number of amides is 12. The Balaban J connectivity index is 1.28. The minimum absolute atomic E-state index is 0.0150. The molecule has 25 nitrogen and oxygen atoms in total. The summed E-state index contributed by atoms with van der Waals surface area (Å²) in [6, 6.07) is -6.49. The number of hydrogen-bond acceptors (Lipinski definition) is 13. The Kier molecular flexibility index (Phi) is 27.8. The van der Waals surface area contributed by atoms with E-state index in [0.717, 1.165) is 58.9 Å². The number of benzene rings is 1. The van der Waals surface area contributed by atoms with Gasteiger partial charge in [0.15, 0.2) is 0 Å². The zero-order valence-electron chi connectivity index (χ0n) is 60.8. The van der Waals surface area contributed by atoms with Crippen LogP contribution in [0.3, 0.4) is 0 Å². The van der Waals surface area contributed by atoms with Crippen molar-refractivity contribution < 1.29 is 75.4 Å². The molecule has 100 heavy (non-hydrogen) atoms. The number of aryl methyl sites for hydroxylation is 1. The summed E-state index contributed by atoms with van der Waals surface area (Å²) in [4.78, 5) is 190. The number of ether oxygens (including phenoxy) is 1. The minimum Gasteiger partial charge on any atom is -0.377 e. The highest BCUT2D eigenvalue weighted by Gasteiger charge is 2.52. The van der Waals surface area contributed by atoms with Crippen molar-refractivity contribution in [3.8, 4) is 0 Å². The van der Waals surface area contributed by atoms with Crippen LogP contribution in [0.25, 0.3) is 0 Å². The topological polar surface area (TPSA) is 279 Å². The Bertz CT molecular complexity index is 3150. The van der Waals surface area contributed by atoms with Gasteiger partial charge in [0.05, 0.1) is 61.9 Å². The van der Waals surface area contributed by atoms with Crippen LogP contribution in [-0.2, 0) is 74.9 Å². The molecule has 4 saturated heterocycles. The maximum absolute atomic E-state index is 15.5. The van der Waals surface area contributed by atoms with Crippen LogP contribution in [0.1, 0.15) is 168 Å². The highest BCUT2D eigenvalue weighted by atomic mass is 35.5. The summed E-state index contributed by atoms with van der Waals surface area (Å²) in [6.45, 7) is 9.55. The van der Waals surface area contributed by atoms with E-state index in [-0.39, 0.29) is 88.6 Å². The Labute approximate surface area is 591 Å². The van der Waals surface area contributed by atoms with Gasteiger partial charge in [-0.05, 0) is 106 Å². The molecule has 2 saturated carbocycles. The van der Waals surface area contributed by atoms with E-state index in [1.54, 1.807) is 25.7 Å². The molecule has 6 fully saturated rings. The van der Waals surface area contributed by atoms with Gasteiger partial charge < -0.3 is 64.8 Å². The van der Waals surface area contributed by atoms with Crippen LogP contribution < -0.4 is 16.0 Å². The Morgan fingerprint density at radius 1 is 0.660 bits per heavy atom. The zero-order chi connectivity index (χ0) is 74.0. The van der Waals surface area contributed by atoms with Gasteiger partial charge in [0, 0.05) is 55.9 Å². The first-order valence-electron chi connectivity index (χ1n) is 35.8. The third-order valence-corrected chi connectivity index (χ3v) is 22.0. The average Bonchev–Trinajstić information content (AvgIpc) is 1.53. The van der Waals surface area contributed by atoms with E-state index in [4.69, 9.17) is 16.3 Å². The number of nitrogens with one attached hydrogen (secondary N) is 3. The lowest BCUT2D eigenvalue weighted by molar-refractivity contribution is -0.159. The number of hydrogen-bond donors (Lipinski definition) is 3. The van der Waals surface area contributed by atoms with E-state index < -0.39 is 173 Å². The molecule has 2 aliphatic carbocycles. The van der Waals surface area contributed by atoms with Crippen LogP contribution in [0, 0.1) is 23.7 Å². The number of carbonyl (C=O) groups is 12. The van der Waals surface area contributed by atoms with Gasteiger partial charge in [-0.25, -0.2) is 0 Å². The summed E-state index contributed by atoms with van der Waals surface area (Å²) in [5, 5.41) is 8.10. The van der Waals surface area contributed by atoms with Gasteiger partial charge in [0.2, 0.25) is 70.9 Å². The Morgan fingerprint density at radius 3 is 1.86 bits per heavy atom. The van der Waals surface area contributed by atoms with Gasteiger partial charge in [-0.1, -0.05) is 111 Å². The smallest absolute Gasteiger partial charge is 0.377 e. The Morgan fingerprint density at radius 2 is 1.27 bits per heavy atom. The molecule has 558 valence electrons. The SMILES string of the molecule is CC[C@H](C)[C@@H]1NC(=O)[C@H](CC(C)C)N(C)C(=O)C[C@@H](C(=O)N2C3CCC2COC3)N(C)C(=O)[C@H](C(C)C)N(C)C(=O)C2(CCCC2)NC(=O)[C@@H]2CCCN2C(=O)[C@H](CCc2ccc(C(F)(F)F)c(Cl)c2)NC(=O)CN(C)C(=O)[C@H](CC2CCCCC2)N(C)C(=O)CN(C)C(=O)CN(C)C1=O. The third kappa shape index (κ3) is 19.1. The summed E-state index contributed by atoms with van der Waals surface area (Å²) in [5.74, 6) is -9.29. The van der Waals surface area contributed by atoms with E-state index in [1.165, 1.54) is 79.9 Å². The molecule has 4 aliphatic heterocycles. The summed E-state index contributed by atoms with van der Waals surface area (Å²) in [6.07, 6.45) is 2.36. The first-order valence-corrected chi connectivity index (χ1v) is 36.2. The molecule has 6 aliphatic rings. The van der Waals surface area contributed by atoms with Gasteiger partial charge in [-0.3, -0.25) is 57.5 Å². The lowest BCUT2D eigenvalue weighted by Gasteiger charge is -2.43. The fourth-order valence-electron chi connectivity index (χ4n) is 15.4. The standard InChI is InChI=1S/C71H108ClF3N12O13/c1-14-44(6)60-67(97)81(9)38-58(90)79(7)39-59(91)83(11)54(35-45-21-16-15-17-22-45)65(95)80(8)37-56(88)76-51(29-25-46-24-28-49(50(72)34-46)71(73,74)75)64(94)86-32-20-23-52(86)63(93)78-70(30-18-19-31-70)69(99)85(13)61(43(4)5)68(98)84(12)55(66(96)87-47-26-27-48(87)41-100-40-47)36-57(89)82(10)53(33-42(2)3)62(92)77-60/h24,28,34,42-45,47-48,51-55,60-61H,14-23,25-27,29-33,35-41H2,1-13H3,(H,76,88)(H,77,92)(H,78,93)/t44-,47?,48?,51-,52-,53-,54-,55-,60-,61-/m0/s1. The number of rotatable bonds is 11. The van der Waals surface area contributed by atoms with Crippen LogP contribution in [-0.4, -0.2) is 264 Å². The predicted molar refractivity (Wildman–Crippen MR) is 366 cm³/mol. The second kappa shape index (κ2) is 34.7. The van der Waals surface area contributed by atoms with Crippen LogP contribution in [0.5, 0.6) is 0 Å². The van der Waals surface area contributed by atoms with Gasteiger partial charge in [-0.2, -0.15) is 13.2 Å². The highest BCUT2D eigenvalue weighted by Crippen LogP contribution is 2.38. The third-order valence-electron chi connectivity index (χ3n) is 21.7. The van der Waals surface area contributed by atoms with Crippen molar-refractivity contribution in [3.05, 3.63) is 34.3 Å². The van der Waals surface area contributed by atoms with Crippen LogP contribution in [0.15, 0.2) is 18.2 Å². The van der Waals surface area contributed by atoms with Crippen molar-refractivity contribution in [2.24, 2.45) is 23.7 Å². The molecule has 1 aromatic rings. The Hall–Kier alpha value is -7.10. The average molecular weight is 1430 g/mol. The number of halogens is 4. The monoisotopic (exact) mass is 1430 g/mol. The fourth-order valence-corrected chi connectivity index (χ4v) is 15.8. The van der Waals surface area contributed by atoms with E-state index in [9.17, 15) is 41.9 Å². The van der Waals surface area contributed by atoms with E-state index in [1.807, 2.05) is 20.8 Å². The first-order chi connectivity index (χ1) is 47.0. The molecule has 10 atom stereocenters. The lowest BCUT2D eigenvalue weighted by atomic mass is 9.84. The number of carbonyl (C=O) groups excluding carboxylic acids is 12. The number of alkyl halides is 3. The van der Waals surface area contributed by atoms with Crippen molar-refractivity contribution in [2.75, 3.05) is 88.7 Å². The molecule has 7 rings (SSSR count). The lowest BCUT2D eigenvalue weighted by Crippen LogP contribution is -2.65. The minimum atomic E-state index is -4.76. The van der Waals surface area contributed by atoms with E-state index in [0.29, 0.717) is 44.1 Å². The molecule has 12 amide bonds. The van der Waals surface area contributed by atoms with Crippen molar-refractivity contribution in [1.82, 2.24) is 60.0 Å². The van der Waals surface area contributed by atoms with Gasteiger partial charge in [0.25, 0.3) is 0 Å². The molecule has 29 heteroatoms. The van der Waals surface area contributed by atoms with Crippen molar-refractivity contribution in [1.29, 1.82) is 0 Å². The van der Waals surface area contributed by atoms with E-state index >= 15 is 28.8 Å². The highest BCUT2D eigenvalue weighted by molar-refractivity contribution is 6.31. The van der Waals surface area contributed by atoms with Crippen LogP contribution in [0.2, 0.25) is 5.02 Å². The molecule has 0 aromatic heterocycles. The van der Waals surface area contributed by atoms with Crippen molar-refractivity contribution in [3.63, 3.8) is 0 Å². The van der Waals surface area contributed by atoms with Gasteiger partial charge in [-0.15, -0.1) is 0 Å². The van der Waals surface area contributed by atoms with Crippen LogP contribution in [0.4, 0.5) is 13.2 Å². The summed E-state index contributed by atoms with van der Waals surface area (Å²) in [7, 11) is 9.84. The molecule has 0 radical (unpaired) electrons. The summed E-state index contributed by atoms with van der Waals surface area (Å²) < 4.78 is 47.4. The number of morpholine rings is 1. The number of likely N-dealkylation sites (N-methyl/N-ethyl adjacent to an activating group) is 7. The van der Waals surface area contributed by atoms with Gasteiger partial charge in [0.1, 0.15) is 47.8 Å². The number of nitrogens with zero attached hydrogens (tertiary/aromatic N) is 9. The second-order valence-corrected chi connectivity index (χ2v) is 30.2. The first kappa shape index (κ1) is 80.2. The van der Waals surface area contributed by atoms with Crippen molar-refractivity contribution in [2.45, 2.75) is 230 Å². The summed E-state index contributed by atoms with van der Waals surface area (Å²) >= 11 is 6.15. The zero-order valence-corrected chi connectivity index (χ0v) is 61.5. The van der Waals surface area contributed by atoms with E-state index in [2.05, 4.69) is 16.0 Å². The maximum Gasteiger partial charge on any atom is 0.417 e. The van der Waals surface area contributed by atoms with Crippen LogP contribution >= 0.6 is 11.6 Å². The molecule has 2 bridgehead atoms. The quantitative estimate of drug-likeness (QED) is 0.267. The summed E-state index contributed by atoms with van der Waals surface area (Å²) in [5.41, 5.74) is -2.38. The number of fused-ring (bicyclic) bond motifs is 3. The predicted octanol–water partition coefficient (Wildman–Crippen LogP) is 4.88. The molecular weight excluding hydrogens is 1320 g/mol. The largest absolute Gasteiger partial charge is 0.417 e. The molecule has 2 unspecified atom stereocenters. The maximum atomic E-state index is 15.5. The van der Waals surface area contributed by atoms with Gasteiger partial charge >= 0.3 is 6.18 Å². The second-order valence-electron chi connectivity index (χ2n) is 29.8.